The minimum Gasteiger partial charge on any atom is -0.478 e. The minimum atomic E-state index is -1.05. The number of aliphatic carboxylic acids is 2. The summed E-state index contributed by atoms with van der Waals surface area (Å²) in [5.74, 6) is -2.10. The first-order valence-corrected chi connectivity index (χ1v) is 3.27. The summed E-state index contributed by atoms with van der Waals surface area (Å²) in [7, 11) is 0. The van der Waals surface area contributed by atoms with E-state index in [9.17, 15) is 9.59 Å². The van der Waals surface area contributed by atoms with Crippen molar-refractivity contribution in [2.75, 3.05) is 0 Å². The van der Waals surface area contributed by atoms with Gasteiger partial charge in [0.2, 0.25) is 0 Å². The first kappa shape index (κ1) is 10.4. The number of carboxylic acids is 2. The molecule has 4 heteroatoms. The lowest BCUT2D eigenvalue weighted by Gasteiger charge is -1.90. The predicted molar refractivity (Wildman–Crippen MR) is 42.8 cm³/mol. The van der Waals surface area contributed by atoms with E-state index in [-0.39, 0.29) is 11.1 Å². The number of hydrogen-bond donors (Lipinski definition) is 2. The fraction of sp³-hybridized carbons (Fsp3) is 0.250. The molecule has 0 aliphatic carbocycles. The van der Waals surface area contributed by atoms with E-state index >= 15 is 0 Å². The van der Waals surface area contributed by atoms with E-state index in [1.807, 2.05) is 0 Å². The molecule has 0 saturated heterocycles. The van der Waals surface area contributed by atoms with Crippen molar-refractivity contribution in [2.45, 2.75) is 13.8 Å². The standard InChI is InChI=1S/C8H10O4/c1-5(7(9)10)3-4-6(2)8(11)12/h3-4H,1-2H3,(H,9,10)(H,11,12)/b5-3+,6-4+. The molecule has 0 atom stereocenters. The Morgan fingerprint density at radius 3 is 1.33 bits per heavy atom. The van der Waals surface area contributed by atoms with Gasteiger partial charge in [0.25, 0.3) is 0 Å². The van der Waals surface area contributed by atoms with Crippen LogP contribution >= 0.6 is 0 Å². The monoisotopic (exact) mass is 170 g/mol. The first-order chi connectivity index (χ1) is 5.45. The van der Waals surface area contributed by atoms with Gasteiger partial charge in [0.05, 0.1) is 0 Å². The van der Waals surface area contributed by atoms with Gasteiger partial charge in [0.1, 0.15) is 0 Å². The molecule has 0 aromatic rings. The third kappa shape index (κ3) is 3.55. The molecule has 0 radical (unpaired) electrons. The molecule has 0 spiro atoms. The Kier molecular flexibility index (Phi) is 3.76. The van der Waals surface area contributed by atoms with Crippen LogP contribution in [-0.2, 0) is 9.59 Å². The lowest BCUT2D eigenvalue weighted by molar-refractivity contribution is -0.133. The third-order valence-electron chi connectivity index (χ3n) is 1.26. The normalized spacial score (nSPS) is 12.8. The van der Waals surface area contributed by atoms with Crippen LogP contribution in [0.25, 0.3) is 0 Å². The second-order valence-electron chi connectivity index (χ2n) is 2.31. The first-order valence-electron chi connectivity index (χ1n) is 3.27. The number of rotatable bonds is 3. The van der Waals surface area contributed by atoms with Crippen LogP contribution in [0.5, 0.6) is 0 Å². The van der Waals surface area contributed by atoms with Crippen LogP contribution in [-0.4, -0.2) is 22.2 Å². The summed E-state index contributed by atoms with van der Waals surface area (Å²) in [6.45, 7) is 2.79. The number of hydrogen-bond acceptors (Lipinski definition) is 2. The molecule has 12 heavy (non-hydrogen) atoms. The van der Waals surface area contributed by atoms with Gasteiger partial charge in [-0.1, -0.05) is 12.2 Å². The SMILES string of the molecule is C/C(=C\C=C(/C)C(=O)O)C(=O)O. The second-order valence-corrected chi connectivity index (χ2v) is 2.31. The Morgan fingerprint density at radius 1 is 0.917 bits per heavy atom. The van der Waals surface area contributed by atoms with Gasteiger partial charge in [-0.05, 0) is 13.8 Å². The van der Waals surface area contributed by atoms with Gasteiger partial charge in [-0.15, -0.1) is 0 Å². The lowest BCUT2D eigenvalue weighted by atomic mass is 10.2. The minimum absolute atomic E-state index is 0.107. The smallest absolute Gasteiger partial charge is 0.331 e. The van der Waals surface area contributed by atoms with E-state index in [1.54, 1.807) is 0 Å². The Balaban J connectivity index is 4.48. The summed E-state index contributed by atoms with van der Waals surface area (Å²) in [5.41, 5.74) is 0.214. The topological polar surface area (TPSA) is 74.6 Å². The van der Waals surface area contributed by atoms with Crippen LogP contribution in [0, 0.1) is 0 Å². The Bertz CT molecular complexity index is 232. The van der Waals surface area contributed by atoms with Crippen molar-refractivity contribution < 1.29 is 19.8 Å². The fourth-order valence-electron chi connectivity index (χ4n) is 0.393. The van der Waals surface area contributed by atoms with Gasteiger partial charge in [-0.3, -0.25) is 0 Å². The van der Waals surface area contributed by atoms with E-state index in [0.717, 1.165) is 0 Å². The molecular weight excluding hydrogens is 160 g/mol. The average molecular weight is 170 g/mol. The van der Waals surface area contributed by atoms with Gasteiger partial charge >= 0.3 is 11.9 Å². The molecule has 66 valence electrons. The van der Waals surface area contributed by atoms with Crippen molar-refractivity contribution in [3.8, 4) is 0 Å². The van der Waals surface area contributed by atoms with Crippen molar-refractivity contribution in [1.29, 1.82) is 0 Å². The molecule has 0 unspecified atom stereocenters. The number of carboxylic acid groups (broad SMARTS) is 2. The highest BCUT2D eigenvalue weighted by atomic mass is 16.4. The molecule has 0 aromatic carbocycles. The van der Waals surface area contributed by atoms with Gasteiger partial charge in [-0.2, -0.15) is 0 Å². The highest BCUT2D eigenvalue weighted by Crippen LogP contribution is 1.97. The van der Waals surface area contributed by atoms with Crippen molar-refractivity contribution in [1.82, 2.24) is 0 Å². The summed E-state index contributed by atoms with van der Waals surface area (Å²) in [4.78, 5) is 20.5. The molecule has 4 nitrogen and oxygen atoms in total. The molecule has 0 bridgehead atoms. The Labute approximate surface area is 69.8 Å². The average Bonchev–Trinajstić information content (AvgIpc) is 1.98. The number of allylic oxidation sites excluding steroid dienone is 2. The maximum absolute atomic E-state index is 10.2. The van der Waals surface area contributed by atoms with Crippen LogP contribution < -0.4 is 0 Å². The van der Waals surface area contributed by atoms with Gasteiger partial charge < -0.3 is 10.2 Å². The van der Waals surface area contributed by atoms with Gasteiger partial charge in [0, 0.05) is 11.1 Å². The van der Waals surface area contributed by atoms with Crippen LogP contribution in [0.3, 0.4) is 0 Å². The lowest BCUT2D eigenvalue weighted by Crippen LogP contribution is -1.97. The highest BCUT2D eigenvalue weighted by molar-refractivity contribution is 5.88. The largest absolute Gasteiger partial charge is 0.478 e. The van der Waals surface area contributed by atoms with Crippen LogP contribution in [0.1, 0.15) is 13.8 Å². The molecule has 0 aromatic heterocycles. The summed E-state index contributed by atoms with van der Waals surface area (Å²) >= 11 is 0. The maximum Gasteiger partial charge on any atom is 0.331 e. The molecular formula is C8H10O4. The molecule has 0 heterocycles. The summed E-state index contributed by atoms with van der Waals surface area (Å²) in [6, 6.07) is 0. The van der Waals surface area contributed by atoms with Gasteiger partial charge in [-0.25, -0.2) is 9.59 Å². The van der Waals surface area contributed by atoms with Crippen molar-refractivity contribution in [2.24, 2.45) is 0 Å². The van der Waals surface area contributed by atoms with Crippen molar-refractivity contribution in [3.63, 3.8) is 0 Å². The van der Waals surface area contributed by atoms with E-state index in [2.05, 4.69) is 0 Å². The maximum atomic E-state index is 10.2. The van der Waals surface area contributed by atoms with E-state index in [4.69, 9.17) is 10.2 Å². The van der Waals surface area contributed by atoms with Crippen molar-refractivity contribution in [3.05, 3.63) is 23.3 Å². The predicted octanol–water partition coefficient (Wildman–Crippen LogP) is 1.05. The zero-order chi connectivity index (χ0) is 9.72. The van der Waals surface area contributed by atoms with Crippen LogP contribution in [0.4, 0.5) is 0 Å². The zero-order valence-electron chi connectivity index (χ0n) is 6.87. The quantitative estimate of drug-likeness (QED) is 0.490. The molecule has 0 saturated carbocycles. The van der Waals surface area contributed by atoms with Crippen molar-refractivity contribution >= 4 is 11.9 Å². The van der Waals surface area contributed by atoms with Crippen LogP contribution in [0.15, 0.2) is 23.3 Å². The molecule has 0 rings (SSSR count). The van der Waals surface area contributed by atoms with Crippen LogP contribution in [0.2, 0.25) is 0 Å². The second kappa shape index (κ2) is 4.33. The molecule has 0 aliphatic heterocycles. The Morgan fingerprint density at radius 2 is 1.17 bits per heavy atom. The summed E-state index contributed by atoms with van der Waals surface area (Å²) in [6.07, 6.45) is 2.51. The molecule has 0 fully saturated rings. The third-order valence-corrected chi connectivity index (χ3v) is 1.26. The molecule has 2 N–H and O–H groups in total. The Hall–Kier alpha value is -1.58. The summed E-state index contributed by atoms with van der Waals surface area (Å²) < 4.78 is 0. The number of carbonyl (C=O) groups is 2. The van der Waals surface area contributed by atoms with E-state index in [1.165, 1.54) is 26.0 Å². The highest BCUT2D eigenvalue weighted by Gasteiger charge is 1.99. The molecule has 0 amide bonds. The van der Waals surface area contributed by atoms with E-state index < -0.39 is 11.9 Å². The van der Waals surface area contributed by atoms with Gasteiger partial charge in [0.15, 0.2) is 0 Å². The summed E-state index contributed by atoms with van der Waals surface area (Å²) in [5, 5.41) is 16.8. The van der Waals surface area contributed by atoms with E-state index in [0.29, 0.717) is 0 Å². The fourth-order valence-corrected chi connectivity index (χ4v) is 0.393. The zero-order valence-corrected chi connectivity index (χ0v) is 6.87. The molecule has 0 aliphatic rings.